The van der Waals surface area contributed by atoms with E-state index in [4.69, 9.17) is 0 Å². The molecule has 0 saturated carbocycles. The Bertz CT molecular complexity index is 496. The highest BCUT2D eigenvalue weighted by atomic mass is 32.2. The van der Waals surface area contributed by atoms with Gasteiger partial charge in [-0.25, -0.2) is 8.42 Å². The molecule has 0 aliphatic carbocycles. The normalized spacial score (nSPS) is 20.3. The van der Waals surface area contributed by atoms with Crippen LogP contribution in [0.15, 0.2) is 29.2 Å². The van der Waals surface area contributed by atoms with E-state index < -0.39 is 9.84 Å². The summed E-state index contributed by atoms with van der Waals surface area (Å²) in [4.78, 5) is 2.70. The topological polar surface area (TPSA) is 49.4 Å². The SMILES string of the molecule is CNCC1CCN(c2ccc(S(C)(=O)=O)cc2)C1. The van der Waals surface area contributed by atoms with Gasteiger partial charge in [0.15, 0.2) is 9.84 Å². The highest BCUT2D eigenvalue weighted by molar-refractivity contribution is 7.90. The Morgan fingerprint density at radius 2 is 2.00 bits per heavy atom. The fourth-order valence-electron chi connectivity index (χ4n) is 2.43. The first-order chi connectivity index (χ1) is 8.50. The van der Waals surface area contributed by atoms with Gasteiger partial charge in [-0.1, -0.05) is 0 Å². The van der Waals surface area contributed by atoms with Gasteiger partial charge in [-0.2, -0.15) is 0 Å². The second kappa shape index (κ2) is 5.28. The van der Waals surface area contributed by atoms with Crippen LogP contribution in [0.4, 0.5) is 5.69 Å². The van der Waals surface area contributed by atoms with Crippen molar-refractivity contribution in [3.05, 3.63) is 24.3 Å². The van der Waals surface area contributed by atoms with Crippen molar-refractivity contribution in [1.29, 1.82) is 0 Å². The van der Waals surface area contributed by atoms with Crippen molar-refractivity contribution in [2.24, 2.45) is 5.92 Å². The molecule has 1 aliphatic rings. The van der Waals surface area contributed by atoms with Gasteiger partial charge in [0.1, 0.15) is 0 Å². The number of benzene rings is 1. The highest BCUT2D eigenvalue weighted by Gasteiger charge is 2.22. The van der Waals surface area contributed by atoms with Gasteiger partial charge < -0.3 is 10.2 Å². The maximum atomic E-state index is 11.4. The quantitative estimate of drug-likeness (QED) is 0.889. The van der Waals surface area contributed by atoms with E-state index in [0.29, 0.717) is 10.8 Å². The molecule has 0 amide bonds. The Morgan fingerprint density at radius 3 is 2.56 bits per heavy atom. The molecule has 0 bridgehead atoms. The molecule has 0 spiro atoms. The fourth-order valence-corrected chi connectivity index (χ4v) is 3.06. The second-order valence-electron chi connectivity index (χ2n) is 4.92. The van der Waals surface area contributed by atoms with Crippen molar-refractivity contribution in [3.8, 4) is 0 Å². The van der Waals surface area contributed by atoms with Crippen LogP contribution in [0.3, 0.4) is 0 Å². The number of nitrogens with zero attached hydrogens (tertiary/aromatic N) is 1. The molecule has 18 heavy (non-hydrogen) atoms. The van der Waals surface area contributed by atoms with Crippen molar-refractivity contribution in [3.63, 3.8) is 0 Å². The summed E-state index contributed by atoms with van der Waals surface area (Å²) in [5, 5.41) is 3.20. The van der Waals surface area contributed by atoms with Crippen molar-refractivity contribution < 1.29 is 8.42 Å². The summed E-state index contributed by atoms with van der Waals surface area (Å²) in [6.45, 7) is 3.13. The van der Waals surface area contributed by atoms with Gasteiger partial charge in [-0.3, -0.25) is 0 Å². The number of hydrogen-bond donors (Lipinski definition) is 1. The lowest BCUT2D eigenvalue weighted by Gasteiger charge is -2.19. The lowest BCUT2D eigenvalue weighted by atomic mass is 10.1. The number of nitrogens with one attached hydrogen (secondary N) is 1. The van der Waals surface area contributed by atoms with Crippen LogP contribution in [0.5, 0.6) is 0 Å². The molecule has 5 heteroatoms. The number of hydrogen-bond acceptors (Lipinski definition) is 4. The minimum atomic E-state index is -3.09. The van der Waals surface area contributed by atoms with Crippen LogP contribution in [0.25, 0.3) is 0 Å². The van der Waals surface area contributed by atoms with Crippen molar-refractivity contribution in [2.75, 3.05) is 37.8 Å². The largest absolute Gasteiger partial charge is 0.371 e. The van der Waals surface area contributed by atoms with E-state index in [0.717, 1.165) is 25.3 Å². The minimum absolute atomic E-state index is 0.386. The molecule has 4 nitrogen and oxygen atoms in total. The Balaban J connectivity index is 2.07. The molecule has 1 unspecified atom stereocenters. The zero-order valence-electron chi connectivity index (χ0n) is 10.9. The van der Waals surface area contributed by atoms with E-state index in [1.165, 1.54) is 12.7 Å². The van der Waals surface area contributed by atoms with Crippen molar-refractivity contribution in [1.82, 2.24) is 5.32 Å². The van der Waals surface area contributed by atoms with Crippen LogP contribution in [0.1, 0.15) is 6.42 Å². The second-order valence-corrected chi connectivity index (χ2v) is 6.94. The van der Waals surface area contributed by atoms with Gasteiger partial charge >= 0.3 is 0 Å². The van der Waals surface area contributed by atoms with Gasteiger partial charge in [-0.15, -0.1) is 0 Å². The maximum Gasteiger partial charge on any atom is 0.175 e. The van der Waals surface area contributed by atoms with Crippen LogP contribution >= 0.6 is 0 Å². The van der Waals surface area contributed by atoms with Crippen LogP contribution in [-0.2, 0) is 9.84 Å². The highest BCUT2D eigenvalue weighted by Crippen LogP contribution is 2.24. The molecule has 2 rings (SSSR count). The van der Waals surface area contributed by atoms with Gasteiger partial charge in [-0.05, 0) is 50.2 Å². The van der Waals surface area contributed by atoms with Crippen LogP contribution in [0, 0.1) is 5.92 Å². The fraction of sp³-hybridized carbons (Fsp3) is 0.538. The summed E-state index contributed by atoms with van der Waals surface area (Å²) in [6.07, 6.45) is 2.43. The Labute approximate surface area is 109 Å². The third-order valence-corrected chi connectivity index (χ3v) is 4.54. The van der Waals surface area contributed by atoms with Crippen LogP contribution < -0.4 is 10.2 Å². The minimum Gasteiger partial charge on any atom is -0.371 e. The smallest absolute Gasteiger partial charge is 0.175 e. The summed E-state index contributed by atoms with van der Waals surface area (Å²) in [5.74, 6) is 0.685. The van der Waals surface area contributed by atoms with Gasteiger partial charge in [0.25, 0.3) is 0 Å². The van der Waals surface area contributed by atoms with E-state index in [1.807, 2.05) is 19.2 Å². The lowest BCUT2D eigenvalue weighted by molar-refractivity contribution is 0.549. The van der Waals surface area contributed by atoms with Gasteiger partial charge in [0.05, 0.1) is 4.90 Å². The molecule has 1 heterocycles. The average Bonchev–Trinajstić information content (AvgIpc) is 2.77. The first kappa shape index (κ1) is 13.4. The predicted octanol–water partition coefficient (Wildman–Crippen LogP) is 1.14. The predicted molar refractivity (Wildman–Crippen MR) is 73.8 cm³/mol. The summed E-state index contributed by atoms with van der Waals surface area (Å²) in [7, 11) is -1.12. The van der Waals surface area contributed by atoms with Crippen molar-refractivity contribution >= 4 is 15.5 Å². The third kappa shape index (κ3) is 3.03. The molecule has 1 aromatic rings. The van der Waals surface area contributed by atoms with Gasteiger partial charge in [0, 0.05) is 25.0 Å². The lowest BCUT2D eigenvalue weighted by Crippen LogP contribution is -2.24. The molecular formula is C13H20N2O2S. The molecule has 100 valence electrons. The number of anilines is 1. The summed E-state index contributed by atoms with van der Waals surface area (Å²) in [5.41, 5.74) is 1.11. The molecular weight excluding hydrogens is 248 g/mol. The molecule has 1 atom stereocenters. The molecule has 1 N–H and O–H groups in total. The molecule has 0 radical (unpaired) electrons. The Morgan fingerprint density at radius 1 is 1.33 bits per heavy atom. The molecule has 1 aliphatic heterocycles. The zero-order chi connectivity index (χ0) is 13.2. The van der Waals surface area contributed by atoms with Crippen LogP contribution in [0.2, 0.25) is 0 Å². The van der Waals surface area contributed by atoms with E-state index in [2.05, 4.69) is 10.2 Å². The summed E-state index contributed by atoms with van der Waals surface area (Å²) < 4.78 is 22.8. The van der Waals surface area contributed by atoms with E-state index in [9.17, 15) is 8.42 Å². The van der Waals surface area contributed by atoms with E-state index in [-0.39, 0.29) is 0 Å². The first-order valence-corrected chi connectivity index (χ1v) is 8.09. The molecule has 0 aromatic heterocycles. The molecule has 1 saturated heterocycles. The van der Waals surface area contributed by atoms with E-state index >= 15 is 0 Å². The monoisotopic (exact) mass is 268 g/mol. The molecule has 1 aromatic carbocycles. The maximum absolute atomic E-state index is 11.4. The summed E-state index contributed by atoms with van der Waals surface area (Å²) in [6, 6.07) is 7.18. The number of sulfone groups is 1. The van der Waals surface area contributed by atoms with E-state index in [1.54, 1.807) is 12.1 Å². The Hall–Kier alpha value is -1.07. The van der Waals surface area contributed by atoms with Gasteiger partial charge in [0.2, 0.25) is 0 Å². The Kier molecular flexibility index (Phi) is 3.92. The standard InChI is InChI=1S/C13H20N2O2S/c1-14-9-11-7-8-15(10-11)12-3-5-13(6-4-12)18(2,16)17/h3-6,11,14H,7-10H2,1-2H3. The van der Waals surface area contributed by atoms with Crippen molar-refractivity contribution in [2.45, 2.75) is 11.3 Å². The average molecular weight is 268 g/mol. The first-order valence-electron chi connectivity index (χ1n) is 6.20. The molecule has 1 fully saturated rings. The zero-order valence-corrected chi connectivity index (χ0v) is 11.7. The van der Waals surface area contributed by atoms with Crippen LogP contribution in [-0.4, -0.2) is 41.4 Å². The number of rotatable bonds is 4. The third-order valence-electron chi connectivity index (χ3n) is 3.41. The summed E-state index contributed by atoms with van der Waals surface area (Å²) >= 11 is 0.